The standard InChI is InChI=1S/C32H39F6N7O3/c1-4-25-13-27(14-26(5-2)45(25)30(47)48-9-7-6-8-28(39)46)44(29-40-15-21(16-41-29)22-17-42-43(3)19-22)18-20-10-23(31(33,34)35)12-24(11-20)32(36,37)38/h10-12,15-17,19,25-27H,4-9,13-14,18H2,1-3H3,(H2,39,46). The van der Waals surface area contributed by atoms with Crippen LogP contribution in [0.5, 0.6) is 0 Å². The van der Waals surface area contributed by atoms with Crippen LogP contribution in [0.1, 0.15) is 75.5 Å². The number of piperidine rings is 1. The van der Waals surface area contributed by atoms with Crippen molar-refractivity contribution in [1.82, 2.24) is 24.6 Å². The highest BCUT2D eigenvalue weighted by Gasteiger charge is 2.41. The highest BCUT2D eigenvalue weighted by Crippen LogP contribution is 2.38. The molecule has 2 N–H and O–H groups in total. The zero-order chi connectivity index (χ0) is 35.2. The van der Waals surface area contributed by atoms with Gasteiger partial charge >= 0.3 is 18.4 Å². The van der Waals surface area contributed by atoms with Gasteiger partial charge in [0.05, 0.1) is 23.9 Å². The summed E-state index contributed by atoms with van der Waals surface area (Å²) >= 11 is 0. The normalized spacial score (nSPS) is 18.5. The third-order valence-electron chi connectivity index (χ3n) is 8.45. The highest BCUT2D eigenvalue weighted by atomic mass is 19.4. The van der Waals surface area contributed by atoms with E-state index >= 15 is 0 Å². The number of halogens is 6. The molecule has 0 aliphatic carbocycles. The number of aromatic nitrogens is 4. The molecular formula is C32H39F6N7O3. The number of nitrogens with two attached hydrogens (primary N) is 1. The van der Waals surface area contributed by atoms with Gasteiger partial charge in [-0.2, -0.15) is 31.4 Å². The van der Waals surface area contributed by atoms with Crippen molar-refractivity contribution < 1.29 is 40.7 Å². The minimum atomic E-state index is -5.01. The van der Waals surface area contributed by atoms with E-state index in [0.717, 1.165) is 5.56 Å². The van der Waals surface area contributed by atoms with E-state index in [0.29, 0.717) is 56.2 Å². The number of nitrogens with zero attached hydrogens (tertiary/aromatic N) is 6. The van der Waals surface area contributed by atoms with Gasteiger partial charge in [-0.3, -0.25) is 9.48 Å². The lowest BCUT2D eigenvalue weighted by Gasteiger charge is -2.47. The smallest absolute Gasteiger partial charge is 0.416 e. The van der Waals surface area contributed by atoms with Crippen LogP contribution in [0.3, 0.4) is 0 Å². The SMILES string of the molecule is CCC1CC(N(Cc2cc(C(F)(F)F)cc(C(F)(F)F)c2)c2ncc(-c3cnn(C)c3)cn2)CC(CC)N1C(=O)OCCCCC(N)=O. The lowest BCUT2D eigenvalue weighted by molar-refractivity contribution is -0.143. The number of rotatable bonds is 12. The summed E-state index contributed by atoms with van der Waals surface area (Å²) in [5.74, 6) is -0.325. The first-order valence-corrected chi connectivity index (χ1v) is 15.7. The van der Waals surface area contributed by atoms with Gasteiger partial charge in [0, 0.05) is 67.9 Å². The molecular weight excluding hydrogens is 644 g/mol. The molecule has 3 aromatic rings. The fourth-order valence-electron chi connectivity index (χ4n) is 6.02. The molecule has 10 nitrogen and oxygen atoms in total. The number of amides is 2. The average molecular weight is 684 g/mol. The Hall–Kier alpha value is -4.37. The number of likely N-dealkylation sites (tertiary alicyclic amines) is 1. The summed E-state index contributed by atoms with van der Waals surface area (Å²) in [7, 11) is 1.74. The Morgan fingerprint density at radius 2 is 1.50 bits per heavy atom. The number of hydrogen-bond donors (Lipinski definition) is 1. The largest absolute Gasteiger partial charge is 0.449 e. The van der Waals surface area contributed by atoms with Crippen LogP contribution in [0.15, 0.2) is 43.0 Å². The Labute approximate surface area is 274 Å². The number of hydrogen-bond acceptors (Lipinski definition) is 7. The number of benzene rings is 1. The van der Waals surface area contributed by atoms with Crippen molar-refractivity contribution in [3.63, 3.8) is 0 Å². The van der Waals surface area contributed by atoms with E-state index in [1.165, 1.54) is 12.4 Å². The second-order valence-electron chi connectivity index (χ2n) is 11.9. The maximum atomic E-state index is 13.8. The molecule has 1 aliphatic heterocycles. The van der Waals surface area contributed by atoms with Gasteiger partial charge in [0.2, 0.25) is 11.9 Å². The molecule has 0 radical (unpaired) electrons. The van der Waals surface area contributed by atoms with Crippen LogP contribution in [0.2, 0.25) is 0 Å². The maximum absolute atomic E-state index is 13.8. The van der Waals surface area contributed by atoms with Gasteiger partial charge in [-0.25, -0.2) is 14.8 Å². The second-order valence-corrected chi connectivity index (χ2v) is 11.9. The minimum absolute atomic E-state index is 0.0965. The molecule has 4 rings (SSSR count). The highest BCUT2D eigenvalue weighted by molar-refractivity contribution is 5.73. The summed E-state index contributed by atoms with van der Waals surface area (Å²) in [6.45, 7) is 3.53. The number of carbonyl (C=O) groups is 2. The van der Waals surface area contributed by atoms with E-state index in [4.69, 9.17) is 10.5 Å². The van der Waals surface area contributed by atoms with Gasteiger partial charge < -0.3 is 20.3 Å². The molecule has 2 atom stereocenters. The van der Waals surface area contributed by atoms with Crippen LogP contribution in [0, 0.1) is 0 Å². The fraction of sp³-hybridized carbons (Fsp3) is 0.531. The van der Waals surface area contributed by atoms with E-state index in [9.17, 15) is 35.9 Å². The molecule has 1 fully saturated rings. The average Bonchev–Trinajstić information content (AvgIpc) is 3.47. The molecule has 2 unspecified atom stereocenters. The first kappa shape index (κ1) is 36.5. The van der Waals surface area contributed by atoms with Crippen molar-refractivity contribution >= 4 is 17.9 Å². The molecule has 1 aromatic carbocycles. The van der Waals surface area contributed by atoms with E-state index in [1.807, 2.05) is 13.8 Å². The minimum Gasteiger partial charge on any atom is -0.449 e. The van der Waals surface area contributed by atoms with Gasteiger partial charge in [-0.05, 0) is 62.3 Å². The maximum Gasteiger partial charge on any atom is 0.416 e. The molecule has 262 valence electrons. The zero-order valence-electron chi connectivity index (χ0n) is 26.9. The Kier molecular flexibility index (Phi) is 11.6. The molecule has 0 spiro atoms. The van der Waals surface area contributed by atoms with Gasteiger partial charge in [-0.15, -0.1) is 0 Å². The lowest BCUT2D eigenvalue weighted by Crippen LogP contribution is -2.57. The topological polar surface area (TPSA) is 119 Å². The van der Waals surface area contributed by atoms with Crippen LogP contribution in [-0.4, -0.2) is 61.4 Å². The Balaban J connectivity index is 1.67. The molecule has 0 saturated carbocycles. The Morgan fingerprint density at radius 3 is 1.98 bits per heavy atom. The molecule has 1 aliphatic rings. The first-order valence-electron chi connectivity index (χ1n) is 15.7. The van der Waals surface area contributed by atoms with Crippen molar-refractivity contribution in [3.05, 3.63) is 59.7 Å². The predicted molar refractivity (Wildman–Crippen MR) is 164 cm³/mol. The first-order chi connectivity index (χ1) is 22.6. The Bertz CT molecular complexity index is 1500. The van der Waals surface area contributed by atoms with E-state index < -0.39 is 41.5 Å². The van der Waals surface area contributed by atoms with E-state index in [2.05, 4.69) is 15.1 Å². The molecule has 16 heteroatoms. The second kappa shape index (κ2) is 15.2. The summed E-state index contributed by atoms with van der Waals surface area (Å²) in [4.78, 5) is 36.6. The number of ether oxygens (including phenoxy) is 1. The molecule has 1 saturated heterocycles. The van der Waals surface area contributed by atoms with Gasteiger partial charge in [-0.1, -0.05) is 13.8 Å². The third-order valence-corrected chi connectivity index (χ3v) is 8.45. The summed E-state index contributed by atoms with van der Waals surface area (Å²) in [6.07, 6.45) is -1.32. The van der Waals surface area contributed by atoms with Gasteiger partial charge in [0.15, 0.2) is 0 Å². The van der Waals surface area contributed by atoms with Crippen molar-refractivity contribution in [2.75, 3.05) is 11.5 Å². The van der Waals surface area contributed by atoms with E-state index in [1.54, 1.807) is 33.9 Å². The third kappa shape index (κ3) is 9.16. The van der Waals surface area contributed by atoms with Crippen LogP contribution in [0.4, 0.5) is 37.1 Å². The number of aryl methyl sites for hydroxylation is 1. The van der Waals surface area contributed by atoms with Crippen LogP contribution in [-0.2, 0) is 35.5 Å². The zero-order valence-corrected chi connectivity index (χ0v) is 26.9. The number of primary amides is 1. The van der Waals surface area contributed by atoms with Gasteiger partial charge in [0.25, 0.3) is 0 Å². The van der Waals surface area contributed by atoms with Crippen molar-refractivity contribution in [2.24, 2.45) is 12.8 Å². The summed E-state index contributed by atoms with van der Waals surface area (Å²) in [5, 5.41) is 4.13. The summed E-state index contributed by atoms with van der Waals surface area (Å²) in [5.41, 5.74) is 3.48. The van der Waals surface area contributed by atoms with Crippen LogP contribution in [0.25, 0.3) is 11.1 Å². The van der Waals surface area contributed by atoms with Crippen molar-refractivity contribution in [1.29, 1.82) is 0 Å². The predicted octanol–water partition coefficient (Wildman–Crippen LogP) is 6.74. The summed E-state index contributed by atoms with van der Waals surface area (Å²) in [6, 6.07) is 0.377. The number of carbonyl (C=O) groups excluding carboxylic acids is 2. The van der Waals surface area contributed by atoms with Gasteiger partial charge in [0.1, 0.15) is 0 Å². The van der Waals surface area contributed by atoms with E-state index in [-0.39, 0.29) is 49.2 Å². The van der Waals surface area contributed by atoms with Crippen molar-refractivity contribution in [2.45, 2.75) is 95.8 Å². The molecule has 2 amide bonds. The fourth-order valence-corrected chi connectivity index (χ4v) is 6.02. The number of anilines is 1. The lowest BCUT2D eigenvalue weighted by atomic mass is 9.87. The molecule has 48 heavy (non-hydrogen) atoms. The Morgan fingerprint density at radius 1 is 0.917 bits per heavy atom. The molecule has 2 aromatic heterocycles. The van der Waals surface area contributed by atoms with Crippen LogP contribution >= 0.6 is 0 Å². The van der Waals surface area contributed by atoms with Crippen LogP contribution < -0.4 is 10.6 Å². The number of alkyl halides is 6. The summed E-state index contributed by atoms with van der Waals surface area (Å²) < 4.78 is 89.7. The monoisotopic (exact) mass is 683 g/mol. The molecule has 0 bridgehead atoms. The van der Waals surface area contributed by atoms with Crippen molar-refractivity contribution in [3.8, 4) is 11.1 Å². The molecule has 3 heterocycles. The number of unbranched alkanes of at least 4 members (excludes halogenated alkanes) is 1. The quantitative estimate of drug-likeness (QED) is 0.166.